The van der Waals surface area contributed by atoms with E-state index in [1.807, 2.05) is 24.3 Å². The Morgan fingerprint density at radius 3 is 2.32 bits per heavy atom. The fourth-order valence-corrected chi connectivity index (χ4v) is 2.57. The number of amides is 1. The van der Waals surface area contributed by atoms with Gasteiger partial charge in [0.2, 0.25) is 0 Å². The smallest absolute Gasteiger partial charge is 0.303 e. The second-order valence-electron chi connectivity index (χ2n) is 5.56. The summed E-state index contributed by atoms with van der Waals surface area (Å²) in [7, 11) is 1.51. The maximum atomic E-state index is 12.3. The first kappa shape index (κ1) is 18.8. The van der Waals surface area contributed by atoms with Crippen molar-refractivity contribution in [3.8, 4) is 5.75 Å². The van der Waals surface area contributed by atoms with Crippen molar-refractivity contribution in [1.29, 1.82) is 0 Å². The van der Waals surface area contributed by atoms with Crippen LogP contribution in [0.5, 0.6) is 5.75 Å². The number of benzene rings is 2. The molecule has 25 heavy (non-hydrogen) atoms. The predicted octanol–water partition coefficient (Wildman–Crippen LogP) is 3.34. The molecule has 2 rings (SSSR count). The molecule has 0 unspecified atom stereocenters. The molecule has 0 heterocycles. The van der Waals surface area contributed by atoms with E-state index in [2.05, 4.69) is 5.32 Å². The van der Waals surface area contributed by atoms with E-state index in [1.165, 1.54) is 7.11 Å². The summed E-state index contributed by atoms with van der Waals surface area (Å²) >= 11 is 5.94. The molecule has 0 atom stereocenters. The number of carbonyl (C=O) groups is 2. The number of hydrogen-bond donors (Lipinski definition) is 2. The van der Waals surface area contributed by atoms with Gasteiger partial charge in [-0.3, -0.25) is 9.59 Å². The van der Waals surface area contributed by atoms with E-state index in [4.69, 9.17) is 21.4 Å². The molecule has 0 aliphatic rings. The third-order valence-corrected chi connectivity index (χ3v) is 3.99. The minimum Gasteiger partial charge on any atom is -0.496 e. The Hall–Kier alpha value is -2.53. The third-order valence-electron chi connectivity index (χ3n) is 3.76. The number of carboxylic acid groups (broad SMARTS) is 1. The van der Waals surface area contributed by atoms with Crippen LogP contribution in [-0.2, 0) is 17.6 Å². The van der Waals surface area contributed by atoms with Crippen LogP contribution in [0.1, 0.15) is 27.9 Å². The quantitative estimate of drug-likeness (QED) is 0.756. The summed E-state index contributed by atoms with van der Waals surface area (Å²) in [5.74, 6) is -0.564. The highest BCUT2D eigenvalue weighted by molar-refractivity contribution is 6.31. The Labute approximate surface area is 151 Å². The summed E-state index contributed by atoms with van der Waals surface area (Å²) in [6, 6.07) is 12.6. The van der Waals surface area contributed by atoms with Crippen molar-refractivity contribution in [2.75, 3.05) is 13.7 Å². The molecule has 0 bridgehead atoms. The van der Waals surface area contributed by atoms with Crippen molar-refractivity contribution < 1.29 is 19.4 Å². The zero-order valence-electron chi connectivity index (χ0n) is 13.9. The molecule has 1 amide bonds. The highest BCUT2D eigenvalue weighted by atomic mass is 35.5. The van der Waals surface area contributed by atoms with E-state index in [1.54, 1.807) is 18.2 Å². The topological polar surface area (TPSA) is 75.6 Å². The van der Waals surface area contributed by atoms with Crippen LogP contribution in [-0.4, -0.2) is 30.6 Å². The number of nitrogens with one attached hydrogen (secondary N) is 1. The van der Waals surface area contributed by atoms with Crippen molar-refractivity contribution in [3.63, 3.8) is 0 Å². The molecule has 2 aromatic rings. The standard InChI is InChI=1S/C19H20ClNO4/c1-25-17-8-7-15(20)12-16(17)19(24)21-11-10-14-4-2-13(3-5-14)6-9-18(22)23/h2-5,7-8,12H,6,9-11H2,1H3,(H,21,24)(H,22,23). The number of carboxylic acids is 1. The lowest BCUT2D eigenvalue weighted by Crippen LogP contribution is -2.26. The largest absolute Gasteiger partial charge is 0.496 e. The fourth-order valence-electron chi connectivity index (χ4n) is 2.40. The first-order chi connectivity index (χ1) is 12.0. The predicted molar refractivity (Wildman–Crippen MR) is 96.4 cm³/mol. The van der Waals surface area contributed by atoms with Crippen LogP contribution in [0.4, 0.5) is 0 Å². The molecule has 0 aliphatic heterocycles. The Morgan fingerprint density at radius 1 is 1.08 bits per heavy atom. The van der Waals surface area contributed by atoms with Gasteiger partial charge >= 0.3 is 5.97 Å². The minimum atomic E-state index is -0.803. The van der Waals surface area contributed by atoms with Crippen molar-refractivity contribution in [2.45, 2.75) is 19.3 Å². The Balaban J connectivity index is 1.87. The Morgan fingerprint density at radius 2 is 1.72 bits per heavy atom. The Bertz CT molecular complexity index is 744. The molecule has 132 valence electrons. The zero-order chi connectivity index (χ0) is 18.2. The zero-order valence-corrected chi connectivity index (χ0v) is 14.7. The number of rotatable bonds is 8. The molecular weight excluding hydrogens is 342 g/mol. The summed E-state index contributed by atoms with van der Waals surface area (Å²) in [4.78, 5) is 22.8. The monoisotopic (exact) mass is 361 g/mol. The van der Waals surface area contributed by atoms with Crippen LogP contribution in [0.3, 0.4) is 0 Å². The highest BCUT2D eigenvalue weighted by Crippen LogP contribution is 2.22. The van der Waals surface area contributed by atoms with Crippen LogP contribution in [0.2, 0.25) is 5.02 Å². The second-order valence-corrected chi connectivity index (χ2v) is 6.00. The van der Waals surface area contributed by atoms with Crippen molar-refractivity contribution in [1.82, 2.24) is 5.32 Å². The lowest BCUT2D eigenvalue weighted by molar-refractivity contribution is -0.136. The lowest BCUT2D eigenvalue weighted by atomic mass is 10.1. The van der Waals surface area contributed by atoms with Crippen molar-refractivity contribution in [3.05, 3.63) is 64.2 Å². The van der Waals surface area contributed by atoms with Crippen molar-refractivity contribution in [2.24, 2.45) is 0 Å². The van der Waals surface area contributed by atoms with Gasteiger partial charge in [0.05, 0.1) is 12.7 Å². The van der Waals surface area contributed by atoms with Crippen LogP contribution >= 0.6 is 11.6 Å². The summed E-state index contributed by atoms with van der Waals surface area (Å²) in [5, 5.41) is 12.0. The van der Waals surface area contributed by atoms with Crippen LogP contribution < -0.4 is 10.1 Å². The molecule has 0 saturated carbocycles. The number of halogens is 1. The molecule has 0 fully saturated rings. The first-order valence-electron chi connectivity index (χ1n) is 7.91. The summed E-state index contributed by atoms with van der Waals surface area (Å²) in [5.41, 5.74) is 2.45. The summed E-state index contributed by atoms with van der Waals surface area (Å²) < 4.78 is 5.18. The van der Waals surface area contributed by atoms with Gasteiger partial charge in [0.15, 0.2) is 0 Å². The van der Waals surface area contributed by atoms with Crippen LogP contribution in [0, 0.1) is 0 Å². The van der Waals surface area contributed by atoms with E-state index >= 15 is 0 Å². The summed E-state index contributed by atoms with van der Waals surface area (Å²) in [6.45, 7) is 0.475. The van der Waals surface area contributed by atoms with Gasteiger partial charge in [-0.05, 0) is 42.2 Å². The number of carbonyl (C=O) groups excluding carboxylic acids is 1. The molecule has 5 nitrogen and oxygen atoms in total. The normalized spacial score (nSPS) is 10.3. The van der Waals surface area contributed by atoms with Gasteiger partial charge in [0, 0.05) is 18.0 Å². The molecule has 2 N–H and O–H groups in total. The molecule has 0 aliphatic carbocycles. The molecule has 0 saturated heterocycles. The minimum absolute atomic E-state index is 0.122. The molecule has 0 radical (unpaired) electrons. The molecule has 2 aromatic carbocycles. The van der Waals surface area contributed by atoms with Crippen LogP contribution in [0.15, 0.2) is 42.5 Å². The van der Waals surface area contributed by atoms with E-state index in [-0.39, 0.29) is 12.3 Å². The molecule has 6 heteroatoms. The van der Waals surface area contributed by atoms with Gasteiger partial charge in [0.1, 0.15) is 5.75 Å². The number of ether oxygens (including phenoxy) is 1. The van der Waals surface area contributed by atoms with E-state index in [0.717, 1.165) is 11.1 Å². The second kappa shape index (κ2) is 9.08. The maximum Gasteiger partial charge on any atom is 0.303 e. The SMILES string of the molecule is COc1ccc(Cl)cc1C(=O)NCCc1ccc(CCC(=O)O)cc1. The lowest BCUT2D eigenvalue weighted by Gasteiger charge is -2.10. The maximum absolute atomic E-state index is 12.3. The van der Waals surface area contributed by atoms with E-state index < -0.39 is 5.97 Å². The average molecular weight is 362 g/mol. The van der Waals surface area contributed by atoms with Gasteiger partial charge < -0.3 is 15.2 Å². The Kier molecular flexibility index (Phi) is 6.83. The fraction of sp³-hybridized carbons (Fsp3) is 0.263. The van der Waals surface area contributed by atoms with Gasteiger partial charge in [-0.25, -0.2) is 0 Å². The third kappa shape index (κ3) is 5.80. The van der Waals surface area contributed by atoms with Gasteiger partial charge in [-0.2, -0.15) is 0 Å². The van der Waals surface area contributed by atoms with Gasteiger partial charge in [-0.15, -0.1) is 0 Å². The average Bonchev–Trinajstić information content (AvgIpc) is 2.60. The van der Waals surface area contributed by atoms with Gasteiger partial charge in [0.25, 0.3) is 5.91 Å². The molecular formula is C19H20ClNO4. The molecule has 0 aromatic heterocycles. The van der Waals surface area contributed by atoms with E-state index in [9.17, 15) is 9.59 Å². The number of methoxy groups -OCH3 is 1. The first-order valence-corrected chi connectivity index (χ1v) is 8.28. The number of aryl methyl sites for hydroxylation is 1. The van der Waals surface area contributed by atoms with E-state index in [0.29, 0.717) is 35.7 Å². The molecule has 0 spiro atoms. The van der Waals surface area contributed by atoms with Gasteiger partial charge in [-0.1, -0.05) is 35.9 Å². The van der Waals surface area contributed by atoms with Crippen molar-refractivity contribution >= 4 is 23.5 Å². The van der Waals surface area contributed by atoms with Crippen LogP contribution in [0.25, 0.3) is 0 Å². The highest BCUT2D eigenvalue weighted by Gasteiger charge is 2.12. The number of aliphatic carboxylic acids is 1. The summed E-state index contributed by atoms with van der Waals surface area (Å²) in [6.07, 6.45) is 1.31. The number of hydrogen-bond acceptors (Lipinski definition) is 3.